The van der Waals surface area contributed by atoms with E-state index < -0.39 is 30.0 Å². The minimum Gasteiger partial charge on any atom is -1.00 e. The molecule has 0 aliphatic carbocycles. The Balaban J connectivity index is 0.00000612. The predicted octanol–water partition coefficient (Wildman–Crippen LogP) is 0.271. The Labute approximate surface area is 229 Å². The van der Waals surface area contributed by atoms with E-state index in [0.717, 1.165) is 12.1 Å². The molecule has 0 atom stereocenters. The van der Waals surface area contributed by atoms with Crippen LogP contribution < -0.4 is 40.2 Å². The summed E-state index contributed by atoms with van der Waals surface area (Å²) in [7, 11) is -9.30. The summed E-state index contributed by atoms with van der Waals surface area (Å²) in [6.45, 7) is 6.67. The fourth-order valence-corrected chi connectivity index (χ4v) is 4.56. The van der Waals surface area contributed by atoms with Crippen molar-refractivity contribution >= 4 is 43.4 Å². The Bertz CT molecular complexity index is 1210. The van der Waals surface area contributed by atoms with E-state index in [-0.39, 0.29) is 90.0 Å². The zero-order valence-electron chi connectivity index (χ0n) is 21.2. The van der Waals surface area contributed by atoms with Crippen molar-refractivity contribution in [3.63, 3.8) is 0 Å². The van der Waals surface area contributed by atoms with Crippen LogP contribution in [0.4, 0.5) is 11.4 Å². The second kappa shape index (κ2) is 12.4. The summed E-state index contributed by atoms with van der Waals surface area (Å²) in [5, 5.41) is 5.10. The molecule has 0 aliphatic heterocycles. The summed E-state index contributed by atoms with van der Waals surface area (Å²) >= 11 is 0. The number of hydrogen-bond acceptors (Lipinski definition) is 6. The number of amides is 2. The van der Waals surface area contributed by atoms with Gasteiger partial charge in [-0.1, -0.05) is 39.8 Å². The first-order valence-corrected chi connectivity index (χ1v) is 13.3. The van der Waals surface area contributed by atoms with E-state index in [0.29, 0.717) is 0 Å². The SMILES string of the molecule is CC(C)C(=O)Nc1ccc(CCc2ccc(NC(=O)C(C)C)cc2S(=O)(=O)O)c(S(=O)(=O)O)c1.[H-].[Na+]. The van der Waals surface area contributed by atoms with Crippen molar-refractivity contribution in [3.8, 4) is 0 Å². The van der Waals surface area contributed by atoms with E-state index in [2.05, 4.69) is 10.6 Å². The molecule has 2 amide bonds. The minimum absolute atomic E-state index is 0. The van der Waals surface area contributed by atoms with Gasteiger partial charge in [-0.05, 0) is 48.2 Å². The molecule has 35 heavy (non-hydrogen) atoms. The first kappa shape index (κ1) is 31.2. The Morgan fingerprint density at radius 3 is 1.31 bits per heavy atom. The number of anilines is 2. The van der Waals surface area contributed by atoms with E-state index in [1.807, 2.05) is 0 Å². The third-order valence-corrected chi connectivity index (χ3v) is 6.81. The van der Waals surface area contributed by atoms with Crippen molar-refractivity contribution in [2.45, 2.75) is 50.3 Å². The van der Waals surface area contributed by atoms with Crippen LogP contribution in [0.3, 0.4) is 0 Å². The van der Waals surface area contributed by atoms with E-state index in [1.165, 1.54) is 24.3 Å². The van der Waals surface area contributed by atoms with Crippen molar-refractivity contribution < 1.29 is 66.5 Å². The van der Waals surface area contributed by atoms with Crippen molar-refractivity contribution in [2.75, 3.05) is 10.6 Å². The van der Waals surface area contributed by atoms with Crippen LogP contribution in [0.1, 0.15) is 40.2 Å². The van der Waals surface area contributed by atoms with Crippen LogP contribution in [0, 0.1) is 11.8 Å². The van der Waals surface area contributed by atoms with Gasteiger partial charge in [0, 0.05) is 23.2 Å². The first-order valence-electron chi connectivity index (χ1n) is 10.4. The number of nitrogens with one attached hydrogen (secondary N) is 2. The van der Waals surface area contributed by atoms with Crippen LogP contribution in [0.25, 0.3) is 0 Å². The van der Waals surface area contributed by atoms with E-state index in [1.54, 1.807) is 27.7 Å². The maximum Gasteiger partial charge on any atom is 1.00 e. The van der Waals surface area contributed by atoms with E-state index >= 15 is 0 Å². The molecule has 0 fully saturated rings. The number of carbonyl (C=O) groups is 2. The predicted molar refractivity (Wildman–Crippen MR) is 128 cm³/mol. The smallest absolute Gasteiger partial charge is 1.00 e. The molecule has 188 valence electrons. The molecule has 0 unspecified atom stereocenters. The fourth-order valence-electron chi connectivity index (χ4n) is 3.00. The topological polar surface area (TPSA) is 167 Å². The molecule has 13 heteroatoms. The van der Waals surface area contributed by atoms with Gasteiger partial charge in [-0.2, -0.15) is 16.8 Å². The summed E-state index contributed by atoms with van der Waals surface area (Å²) < 4.78 is 67.1. The molecule has 0 radical (unpaired) electrons. The van der Waals surface area contributed by atoms with Gasteiger partial charge >= 0.3 is 29.6 Å². The van der Waals surface area contributed by atoms with Gasteiger partial charge in [0.1, 0.15) is 0 Å². The van der Waals surface area contributed by atoms with Crippen LogP contribution >= 0.6 is 0 Å². The molecule has 2 rings (SSSR count). The molecule has 2 aromatic rings. The third kappa shape index (κ3) is 8.98. The van der Waals surface area contributed by atoms with Gasteiger partial charge in [-0.25, -0.2) is 0 Å². The van der Waals surface area contributed by atoms with Crippen molar-refractivity contribution in [2.24, 2.45) is 11.8 Å². The van der Waals surface area contributed by atoms with Crippen molar-refractivity contribution in [3.05, 3.63) is 47.5 Å². The molecule has 0 heterocycles. The van der Waals surface area contributed by atoms with Crippen LogP contribution in [-0.2, 0) is 42.7 Å². The fraction of sp³-hybridized carbons (Fsp3) is 0.364. The number of aryl methyl sites for hydroxylation is 2. The zero-order valence-corrected chi connectivity index (χ0v) is 23.8. The van der Waals surface area contributed by atoms with Gasteiger partial charge in [0.05, 0.1) is 9.79 Å². The molecule has 0 saturated carbocycles. The summed E-state index contributed by atoms with van der Waals surface area (Å²) in [6, 6.07) is 8.00. The second-order valence-corrected chi connectivity index (χ2v) is 11.2. The number of rotatable bonds is 9. The molecule has 10 nitrogen and oxygen atoms in total. The van der Waals surface area contributed by atoms with E-state index in [9.17, 15) is 35.5 Å². The molecule has 0 aliphatic rings. The van der Waals surface area contributed by atoms with Crippen LogP contribution in [0.5, 0.6) is 0 Å². The molecular weight excluding hydrogens is 507 g/mol. The van der Waals surface area contributed by atoms with Gasteiger partial charge in [-0.15, -0.1) is 0 Å². The average molecular weight is 537 g/mol. The largest absolute Gasteiger partial charge is 1.00 e. The molecule has 4 N–H and O–H groups in total. The van der Waals surface area contributed by atoms with Gasteiger partial charge < -0.3 is 12.1 Å². The maximum atomic E-state index is 11.9. The molecule has 0 saturated heterocycles. The number of carbonyl (C=O) groups excluding carboxylic acids is 2. The summed E-state index contributed by atoms with van der Waals surface area (Å²) in [5.41, 5.74) is 0.727. The van der Waals surface area contributed by atoms with E-state index in [4.69, 9.17) is 0 Å². The second-order valence-electron chi connectivity index (χ2n) is 8.38. The van der Waals surface area contributed by atoms with Gasteiger partial charge in [-0.3, -0.25) is 18.7 Å². The molecule has 2 aromatic carbocycles. The Morgan fingerprint density at radius 1 is 0.743 bits per heavy atom. The Morgan fingerprint density at radius 2 is 1.06 bits per heavy atom. The van der Waals surface area contributed by atoms with Gasteiger partial charge in [0.2, 0.25) is 11.8 Å². The Hall–Kier alpha value is -1.80. The third-order valence-electron chi connectivity index (χ3n) is 4.94. The first-order chi connectivity index (χ1) is 15.6. The zero-order chi connectivity index (χ0) is 25.8. The maximum absolute atomic E-state index is 11.9. The Kier molecular flexibility index (Phi) is 11.1. The minimum atomic E-state index is -4.65. The summed E-state index contributed by atoms with van der Waals surface area (Å²) in [4.78, 5) is 22.9. The normalized spacial score (nSPS) is 11.8. The van der Waals surface area contributed by atoms with Crippen molar-refractivity contribution in [1.29, 1.82) is 0 Å². The number of hydrogen-bond donors (Lipinski definition) is 4. The molecule has 0 spiro atoms. The monoisotopic (exact) mass is 536 g/mol. The average Bonchev–Trinajstić information content (AvgIpc) is 2.71. The molecule has 0 bridgehead atoms. The standard InChI is InChI=1S/C22H28N2O8S2.Na.H/c1-13(2)21(25)23-17-9-7-15(19(11-17)33(27,28)29)5-6-16-8-10-18(24-22(26)14(3)4)12-20(16)34(30,31)32;;/h7-14H,5-6H2,1-4H3,(H,23,25)(H,24,26)(H,27,28,29)(H,30,31,32);;/q;+1;-1. The van der Waals surface area contributed by atoms with Gasteiger partial charge in [0.25, 0.3) is 20.2 Å². The molecule has 0 aromatic heterocycles. The number of benzene rings is 2. The van der Waals surface area contributed by atoms with Crippen LogP contribution in [0.2, 0.25) is 0 Å². The van der Waals surface area contributed by atoms with Crippen LogP contribution in [-0.4, -0.2) is 37.8 Å². The van der Waals surface area contributed by atoms with Crippen LogP contribution in [0.15, 0.2) is 46.2 Å². The summed E-state index contributed by atoms with van der Waals surface area (Å²) in [6.07, 6.45) is -0.0124. The molecular formula is C22H29N2NaO8S2. The summed E-state index contributed by atoms with van der Waals surface area (Å²) in [5.74, 6) is -1.37. The van der Waals surface area contributed by atoms with Crippen molar-refractivity contribution in [1.82, 2.24) is 0 Å². The van der Waals surface area contributed by atoms with Gasteiger partial charge in [0.15, 0.2) is 0 Å². The quantitative estimate of drug-likeness (QED) is 0.262.